The molecule has 2 rings (SSSR count). The molecule has 0 aliphatic carbocycles. The number of halogens is 1. The third kappa shape index (κ3) is 2.97. The van der Waals surface area contributed by atoms with Crippen LogP contribution in [0.1, 0.15) is 25.3 Å². The summed E-state index contributed by atoms with van der Waals surface area (Å²) in [6.45, 7) is 4.64. The molecule has 0 saturated carbocycles. The molecule has 0 radical (unpaired) electrons. The van der Waals surface area contributed by atoms with E-state index in [0.29, 0.717) is 23.5 Å². The Hall–Kier alpha value is -0.770. The van der Waals surface area contributed by atoms with E-state index < -0.39 is 0 Å². The maximum atomic E-state index is 9.90. The van der Waals surface area contributed by atoms with Crippen molar-refractivity contribution in [2.24, 2.45) is 11.7 Å². The minimum atomic E-state index is 0.282. The topological polar surface area (TPSA) is 49.5 Å². The number of phenols is 1. The number of hydrogen-bond donors (Lipinski definition) is 2. The summed E-state index contributed by atoms with van der Waals surface area (Å²) in [6.07, 6.45) is 2.36. The van der Waals surface area contributed by atoms with Crippen molar-refractivity contribution in [1.82, 2.24) is 4.90 Å². The Morgan fingerprint density at radius 2 is 2.22 bits per heavy atom. The monoisotopic (exact) mass is 268 g/mol. The molecule has 18 heavy (non-hydrogen) atoms. The predicted octanol–water partition coefficient (Wildman–Crippen LogP) is 2.60. The highest BCUT2D eigenvalue weighted by Crippen LogP contribution is 2.30. The van der Waals surface area contributed by atoms with Gasteiger partial charge in [0, 0.05) is 29.7 Å². The molecule has 0 amide bonds. The van der Waals surface area contributed by atoms with Crippen LogP contribution in [-0.4, -0.2) is 29.1 Å². The molecule has 1 fully saturated rings. The van der Waals surface area contributed by atoms with Gasteiger partial charge in [-0.05, 0) is 44.4 Å². The van der Waals surface area contributed by atoms with Gasteiger partial charge >= 0.3 is 0 Å². The third-order valence-electron chi connectivity index (χ3n) is 3.90. The van der Waals surface area contributed by atoms with Crippen molar-refractivity contribution in [3.8, 4) is 5.75 Å². The number of likely N-dealkylation sites (tertiary alicyclic amines) is 1. The molecular weight excluding hydrogens is 248 g/mol. The minimum absolute atomic E-state index is 0.282. The van der Waals surface area contributed by atoms with Gasteiger partial charge in [0.15, 0.2) is 0 Å². The van der Waals surface area contributed by atoms with Crippen LogP contribution < -0.4 is 5.73 Å². The van der Waals surface area contributed by atoms with Crippen LogP contribution in [0.5, 0.6) is 5.75 Å². The summed E-state index contributed by atoms with van der Waals surface area (Å²) in [6, 6.07) is 5.80. The van der Waals surface area contributed by atoms with Crippen molar-refractivity contribution < 1.29 is 5.11 Å². The summed E-state index contributed by atoms with van der Waals surface area (Å²) in [7, 11) is 0. The highest BCUT2D eigenvalue weighted by atomic mass is 35.5. The fraction of sp³-hybridized carbons (Fsp3) is 0.571. The summed E-state index contributed by atoms with van der Waals surface area (Å²) in [5.41, 5.74) is 6.58. The second-order valence-corrected chi connectivity index (χ2v) is 5.60. The van der Waals surface area contributed by atoms with Crippen molar-refractivity contribution in [1.29, 1.82) is 0 Å². The van der Waals surface area contributed by atoms with Crippen LogP contribution in [0.25, 0.3) is 0 Å². The molecule has 3 N–H and O–H groups in total. The molecule has 1 aliphatic heterocycles. The van der Waals surface area contributed by atoms with Gasteiger partial charge in [0.2, 0.25) is 0 Å². The smallest absolute Gasteiger partial charge is 0.121 e. The standard InChI is InChI=1S/C14H21ClN2O/c1-10-5-6-11(7-16)8-17(10)9-12-13(15)3-2-4-14(12)18/h2-4,10-11,18H,5-9,16H2,1H3. The van der Waals surface area contributed by atoms with Gasteiger partial charge in [-0.15, -0.1) is 0 Å². The van der Waals surface area contributed by atoms with Crippen LogP contribution in [0.15, 0.2) is 18.2 Å². The first-order chi connectivity index (χ1) is 8.61. The van der Waals surface area contributed by atoms with E-state index >= 15 is 0 Å². The van der Waals surface area contributed by atoms with E-state index in [0.717, 1.165) is 25.1 Å². The zero-order valence-corrected chi connectivity index (χ0v) is 11.5. The minimum Gasteiger partial charge on any atom is -0.508 e. The zero-order chi connectivity index (χ0) is 13.1. The first kappa shape index (κ1) is 13.7. The highest BCUT2D eigenvalue weighted by molar-refractivity contribution is 6.31. The number of benzene rings is 1. The molecule has 1 saturated heterocycles. The maximum Gasteiger partial charge on any atom is 0.121 e. The van der Waals surface area contributed by atoms with Gasteiger partial charge in [0.1, 0.15) is 5.75 Å². The van der Waals surface area contributed by atoms with E-state index in [9.17, 15) is 5.11 Å². The van der Waals surface area contributed by atoms with Gasteiger partial charge in [0.25, 0.3) is 0 Å². The zero-order valence-electron chi connectivity index (χ0n) is 10.8. The predicted molar refractivity (Wildman–Crippen MR) is 74.8 cm³/mol. The molecule has 2 unspecified atom stereocenters. The Labute approximate surface area is 114 Å². The average molecular weight is 269 g/mol. The lowest BCUT2D eigenvalue weighted by Crippen LogP contribution is -2.43. The molecule has 1 heterocycles. The molecule has 0 spiro atoms. The Morgan fingerprint density at radius 3 is 2.89 bits per heavy atom. The lowest BCUT2D eigenvalue weighted by Gasteiger charge is -2.37. The average Bonchev–Trinajstić information content (AvgIpc) is 2.36. The van der Waals surface area contributed by atoms with Gasteiger partial charge in [-0.2, -0.15) is 0 Å². The van der Waals surface area contributed by atoms with Crippen molar-refractivity contribution >= 4 is 11.6 Å². The Morgan fingerprint density at radius 1 is 1.44 bits per heavy atom. The normalized spacial score (nSPS) is 25.3. The van der Waals surface area contributed by atoms with Crippen molar-refractivity contribution in [2.45, 2.75) is 32.4 Å². The van der Waals surface area contributed by atoms with E-state index in [4.69, 9.17) is 17.3 Å². The highest BCUT2D eigenvalue weighted by Gasteiger charge is 2.25. The summed E-state index contributed by atoms with van der Waals surface area (Å²) in [5.74, 6) is 0.843. The second-order valence-electron chi connectivity index (χ2n) is 5.20. The van der Waals surface area contributed by atoms with Crippen molar-refractivity contribution in [2.75, 3.05) is 13.1 Å². The summed E-state index contributed by atoms with van der Waals surface area (Å²) in [4.78, 5) is 2.36. The molecule has 2 atom stereocenters. The number of phenolic OH excluding ortho intramolecular Hbond substituents is 1. The summed E-state index contributed by atoms with van der Waals surface area (Å²) < 4.78 is 0. The number of nitrogens with zero attached hydrogens (tertiary/aromatic N) is 1. The summed E-state index contributed by atoms with van der Waals surface area (Å²) in [5, 5.41) is 10.5. The van der Waals surface area contributed by atoms with Crippen LogP contribution in [0.3, 0.4) is 0 Å². The molecule has 1 aromatic carbocycles. The number of piperidine rings is 1. The number of nitrogens with two attached hydrogens (primary N) is 1. The fourth-order valence-electron chi connectivity index (χ4n) is 2.58. The first-order valence-corrected chi connectivity index (χ1v) is 6.90. The van der Waals surface area contributed by atoms with Crippen LogP contribution in [0.4, 0.5) is 0 Å². The van der Waals surface area contributed by atoms with E-state index in [2.05, 4.69) is 11.8 Å². The molecule has 1 aliphatic rings. The van der Waals surface area contributed by atoms with E-state index in [1.165, 1.54) is 6.42 Å². The third-order valence-corrected chi connectivity index (χ3v) is 4.25. The van der Waals surface area contributed by atoms with Crippen LogP contribution in [0, 0.1) is 5.92 Å². The second kappa shape index (κ2) is 5.91. The van der Waals surface area contributed by atoms with Gasteiger partial charge in [0.05, 0.1) is 0 Å². The Balaban J connectivity index is 2.12. The van der Waals surface area contributed by atoms with Gasteiger partial charge in [-0.3, -0.25) is 4.90 Å². The number of hydrogen-bond acceptors (Lipinski definition) is 3. The Kier molecular flexibility index (Phi) is 4.49. The first-order valence-electron chi connectivity index (χ1n) is 6.52. The van der Waals surface area contributed by atoms with E-state index in [1.807, 2.05) is 6.07 Å². The van der Waals surface area contributed by atoms with E-state index in [-0.39, 0.29) is 5.75 Å². The molecule has 3 nitrogen and oxygen atoms in total. The van der Waals surface area contributed by atoms with Gasteiger partial charge in [-0.25, -0.2) is 0 Å². The molecular formula is C14H21ClN2O. The molecule has 1 aromatic rings. The van der Waals surface area contributed by atoms with Crippen LogP contribution >= 0.6 is 11.6 Å². The quantitative estimate of drug-likeness (QED) is 0.886. The lowest BCUT2D eigenvalue weighted by molar-refractivity contribution is 0.112. The lowest BCUT2D eigenvalue weighted by atomic mass is 9.93. The SMILES string of the molecule is CC1CCC(CN)CN1Cc1c(O)cccc1Cl. The van der Waals surface area contributed by atoms with Crippen LogP contribution in [0.2, 0.25) is 5.02 Å². The molecule has 4 heteroatoms. The maximum absolute atomic E-state index is 9.90. The van der Waals surface area contributed by atoms with Gasteiger partial charge in [-0.1, -0.05) is 17.7 Å². The van der Waals surface area contributed by atoms with Crippen LogP contribution in [-0.2, 0) is 6.54 Å². The summed E-state index contributed by atoms with van der Waals surface area (Å²) >= 11 is 6.16. The van der Waals surface area contributed by atoms with Gasteiger partial charge < -0.3 is 10.8 Å². The molecule has 0 bridgehead atoms. The van der Waals surface area contributed by atoms with E-state index in [1.54, 1.807) is 12.1 Å². The fourth-order valence-corrected chi connectivity index (χ4v) is 2.81. The largest absolute Gasteiger partial charge is 0.508 e. The number of aromatic hydroxyl groups is 1. The van der Waals surface area contributed by atoms with Crippen molar-refractivity contribution in [3.63, 3.8) is 0 Å². The Bertz CT molecular complexity index is 391. The number of rotatable bonds is 3. The molecule has 100 valence electrons. The molecule has 0 aromatic heterocycles. The van der Waals surface area contributed by atoms with Crippen molar-refractivity contribution in [3.05, 3.63) is 28.8 Å².